The lowest BCUT2D eigenvalue weighted by molar-refractivity contribution is -0.149. The van der Waals surface area contributed by atoms with Gasteiger partial charge >= 0.3 is 18.3 Å². The van der Waals surface area contributed by atoms with Gasteiger partial charge in [0.2, 0.25) is 0 Å². The number of benzene rings is 2. The second kappa shape index (κ2) is 13.7. The first kappa shape index (κ1) is 34.5. The molecule has 5 rings (SSSR count). The Morgan fingerprint density at radius 1 is 0.957 bits per heavy atom. The number of anilines is 2. The molecule has 1 fully saturated rings. The predicted molar refractivity (Wildman–Crippen MR) is 164 cm³/mol. The second-order valence-electron chi connectivity index (χ2n) is 12.7. The summed E-state index contributed by atoms with van der Waals surface area (Å²) in [6, 6.07) is 5.33. The molecule has 8 nitrogen and oxygen atoms in total. The first-order valence-electron chi connectivity index (χ1n) is 16.0. The van der Waals surface area contributed by atoms with Crippen molar-refractivity contribution in [1.29, 1.82) is 0 Å². The molecule has 2 aliphatic rings. The first-order chi connectivity index (χ1) is 22.1. The quantitative estimate of drug-likeness (QED) is 0.181. The molecule has 0 radical (unpaired) electrons. The van der Waals surface area contributed by atoms with Gasteiger partial charge in [-0.1, -0.05) is 22.8 Å². The van der Waals surface area contributed by atoms with Crippen molar-refractivity contribution in [1.82, 2.24) is 20.2 Å². The van der Waals surface area contributed by atoms with Gasteiger partial charge in [0, 0.05) is 25.3 Å². The maximum Gasteiger partial charge on any atom is 0.416 e. The van der Waals surface area contributed by atoms with Gasteiger partial charge in [0.05, 0.1) is 36.7 Å². The monoisotopic (exact) mass is 666 g/mol. The van der Waals surface area contributed by atoms with Crippen molar-refractivity contribution in [2.45, 2.75) is 84.2 Å². The summed E-state index contributed by atoms with van der Waals surface area (Å²) in [6.45, 7) is 7.34. The maximum absolute atomic E-state index is 13.8. The van der Waals surface area contributed by atoms with Crippen molar-refractivity contribution >= 4 is 17.6 Å². The molecule has 14 heteroatoms. The average molecular weight is 667 g/mol. The van der Waals surface area contributed by atoms with Gasteiger partial charge in [0.25, 0.3) is 5.95 Å². The summed E-state index contributed by atoms with van der Waals surface area (Å²) in [5, 5.41) is 12.4. The van der Waals surface area contributed by atoms with Crippen molar-refractivity contribution in [3.63, 3.8) is 0 Å². The van der Waals surface area contributed by atoms with E-state index in [1.807, 2.05) is 19.9 Å². The van der Waals surface area contributed by atoms with Crippen molar-refractivity contribution in [2.24, 2.45) is 18.9 Å². The number of tetrazole rings is 1. The Labute approximate surface area is 270 Å². The van der Waals surface area contributed by atoms with Gasteiger partial charge in [-0.3, -0.25) is 4.79 Å². The molecule has 2 heterocycles. The van der Waals surface area contributed by atoms with E-state index in [9.17, 15) is 31.1 Å². The Hall–Kier alpha value is -3.84. The van der Waals surface area contributed by atoms with Gasteiger partial charge in [0.15, 0.2) is 0 Å². The Morgan fingerprint density at radius 2 is 1.62 bits per heavy atom. The second-order valence-corrected chi connectivity index (χ2v) is 12.7. The molecule has 3 aromatic rings. The number of alkyl halides is 6. The van der Waals surface area contributed by atoms with Crippen LogP contribution in [-0.2, 0) is 35.5 Å². The summed E-state index contributed by atoms with van der Waals surface area (Å²) in [5.41, 5.74) is 1.02. The number of hydrogen-bond acceptors (Lipinski definition) is 7. The number of ether oxygens (including phenoxy) is 1. The van der Waals surface area contributed by atoms with Gasteiger partial charge < -0.3 is 14.5 Å². The topological polar surface area (TPSA) is 76.4 Å². The van der Waals surface area contributed by atoms with Gasteiger partial charge in [-0.25, -0.2) is 0 Å². The minimum Gasteiger partial charge on any atom is -0.466 e. The third-order valence-corrected chi connectivity index (χ3v) is 9.13. The van der Waals surface area contributed by atoms with Crippen molar-refractivity contribution < 1.29 is 35.9 Å². The molecule has 1 aromatic heterocycles. The van der Waals surface area contributed by atoms with Crippen LogP contribution in [0.25, 0.3) is 0 Å². The Morgan fingerprint density at radius 3 is 2.19 bits per heavy atom. The van der Waals surface area contributed by atoms with Crippen LogP contribution in [-0.4, -0.2) is 45.9 Å². The summed E-state index contributed by atoms with van der Waals surface area (Å²) in [4.78, 5) is 17.5. The van der Waals surface area contributed by atoms with E-state index in [2.05, 4.69) is 26.4 Å². The number of nitrogens with zero attached hydrogens (tertiary/aromatic N) is 6. The van der Waals surface area contributed by atoms with Crippen molar-refractivity contribution in [3.8, 4) is 0 Å². The Balaban J connectivity index is 1.51. The van der Waals surface area contributed by atoms with Crippen LogP contribution in [0.5, 0.6) is 0 Å². The summed E-state index contributed by atoms with van der Waals surface area (Å²) in [5.74, 6) is 0.243. The molecular weight excluding hydrogens is 626 g/mol. The SMILES string of the molecule is CCOC(=O)C1CCC(CN2CCC[C@H](N(Cc3cc(C(F)(F)F)cc(C(F)(F)F)c3)c3nnn(C)n3)c3cc(C)cc(C)c32)CC1. The van der Waals surface area contributed by atoms with Crippen molar-refractivity contribution in [3.05, 3.63) is 63.7 Å². The lowest BCUT2D eigenvalue weighted by Gasteiger charge is -2.36. The number of rotatable bonds is 8. The molecule has 1 atom stereocenters. The standard InChI is InChI=1S/C33H40F6N6O2/c1-5-47-30(46)24-10-8-22(9-11-24)18-44-12-6-7-28(27-14-20(2)13-21(3)29(27)44)45(31-40-42-43(4)41-31)19-23-15-25(32(34,35)36)17-26(16-23)33(37,38)39/h13-17,22,24,28H,5-12,18-19H2,1-4H3/t22?,24?,28-/m0/s1. The fraction of sp³-hybridized carbons (Fsp3) is 0.576. The highest BCUT2D eigenvalue weighted by molar-refractivity contribution is 5.72. The summed E-state index contributed by atoms with van der Waals surface area (Å²) >= 11 is 0. The minimum absolute atomic E-state index is 0.0851. The molecule has 1 aliphatic carbocycles. The molecular formula is C33H40F6N6O2. The van der Waals surface area contributed by atoms with Crippen LogP contribution in [0.15, 0.2) is 30.3 Å². The van der Waals surface area contributed by atoms with Gasteiger partial charge in [-0.15, -0.1) is 5.10 Å². The van der Waals surface area contributed by atoms with Crippen LogP contribution >= 0.6 is 0 Å². The number of hydrogen-bond donors (Lipinski definition) is 0. The van der Waals surface area contributed by atoms with Crippen molar-refractivity contribution in [2.75, 3.05) is 29.5 Å². The van der Waals surface area contributed by atoms with E-state index in [-0.39, 0.29) is 36.0 Å². The van der Waals surface area contributed by atoms with Gasteiger partial charge in [-0.2, -0.15) is 31.1 Å². The number of esters is 1. The zero-order valence-corrected chi connectivity index (χ0v) is 27.0. The van der Waals surface area contributed by atoms with Crippen LogP contribution in [0.2, 0.25) is 0 Å². The van der Waals surface area contributed by atoms with E-state index < -0.39 is 29.5 Å². The largest absolute Gasteiger partial charge is 0.466 e. The summed E-state index contributed by atoms with van der Waals surface area (Å²) in [6.07, 6.45) is -5.36. The molecule has 1 aliphatic heterocycles. The Bertz CT molecular complexity index is 1530. The zero-order valence-electron chi connectivity index (χ0n) is 27.0. The van der Waals surface area contributed by atoms with Crippen LogP contribution in [0.1, 0.15) is 84.9 Å². The van der Waals surface area contributed by atoms with E-state index in [4.69, 9.17) is 4.74 Å². The highest BCUT2D eigenvalue weighted by Crippen LogP contribution is 2.43. The minimum atomic E-state index is -4.97. The summed E-state index contributed by atoms with van der Waals surface area (Å²) in [7, 11) is 1.55. The molecule has 256 valence electrons. The van der Waals surface area contributed by atoms with E-state index in [0.717, 1.165) is 66.7 Å². The molecule has 0 saturated heterocycles. The molecule has 0 unspecified atom stereocenters. The van der Waals surface area contributed by atoms with E-state index in [1.54, 1.807) is 18.9 Å². The third-order valence-electron chi connectivity index (χ3n) is 9.13. The average Bonchev–Trinajstić information content (AvgIpc) is 3.34. The maximum atomic E-state index is 13.8. The number of halogens is 6. The molecule has 0 bridgehead atoms. The number of fused-ring (bicyclic) bond motifs is 1. The lowest BCUT2D eigenvalue weighted by Crippen LogP contribution is -2.34. The molecule has 47 heavy (non-hydrogen) atoms. The number of aromatic nitrogens is 4. The number of carbonyl (C=O) groups excluding carboxylic acids is 1. The molecule has 2 aromatic carbocycles. The highest BCUT2D eigenvalue weighted by atomic mass is 19.4. The van der Waals surface area contributed by atoms with Gasteiger partial charge in [0.1, 0.15) is 0 Å². The first-order valence-corrected chi connectivity index (χ1v) is 16.0. The molecule has 0 amide bonds. The van der Waals surface area contributed by atoms with Crippen LogP contribution in [0, 0.1) is 25.7 Å². The van der Waals surface area contributed by atoms with E-state index in [0.29, 0.717) is 31.9 Å². The third kappa shape index (κ3) is 8.01. The van der Waals surface area contributed by atoms with Crippen LogP contribution in [0.4, 0.5) is 38.0 Å². The highest BCUT2D eigenvalue weighted by Gasteiger charge is 2.38. The number of aryl methyl sites for hydroxylation is 3. The van der Waals surface area contributed by atoms with E-state index >= 15 is 0 Å². The fourth-order valence-corrected chi connectivity index (χ4v) is 7.10. The smallest absolute Gasteiger partial charge is 0.416 e. The van der Waals surface area contributed by atoms with Gasteiger partial charge in [-0.05, 0) is 105 Å². The normalized spacial score (nSPS) is 20.5. The van der Waals surface area contributed by atoms with E-state index in [1.165, 1.54) is 4.80 Å². The zero-order chi connectivity index (χ0) is 34.1. The van der Waals surface area contributed by atoms with Crippen LogP contribution in [0.3, 0.4) is 0 Å². The van der Waals surface area contributed by atoms with Crippen LogP contribution < -0.4 is 9.80 Å². The Kier molecular flexibility index (Phi) is 10.1. The fourth-order valence-electron chi connectivity index (χ4n) is 7.10. The molecule has 0 spiro atoms. The predicted octanol–water partition coefficient (Wildman–Crippen LogP) is 7.58. The lowest BCUT2D eigenvalue weighted by atomic mass is 9.81. The summed E-state index contributed by atoms with van der Waals surface area (Å²) < 4.78 is 87.9. The number of carbonyl (C=O) groups is 1. The molecule has 0 N–H and O–H groups in total. The molecule has 1 saturated carbocycles.